The van der Waals surface area contributed by atoms with E-state index in [0.717, 1.165) is 9.13 Å². The van der Waals surface area contributed by atoms with Crippen molar-refractivity contribution in [3.8, 4) is 0 Å². The van der Waals surface area contributed by atoms with Crippen molar-refractivity contribution in [3.05, 3.63) is 54.3 Å². The molecule has 0 aliphatic carbocycles. The first-order valence-electron chi connectivity index (χ1n) is 5.30. The van der Waals surface area contributed by atoms with Gasteiger partial charge in [-0.3, -0.25) is 10.1 Å². The van der Waals surface area contributed by atoms with Crippen LogP contribution in [0.25, 0.3) is 0 Å². The SMILES string of the molecule is CC(Nc1ccc(I)cc1[N+](=O)[O-])c1ccsc1. The number of anilines is 1. The van der Waals surface area contributed by atoms with E-state index >= 15 is 0 Å². The van der Waals surface area contributed by atoms with Crippen molar-refractivity contribution in [3.63, 3.8) is 0 Å². The molecule has 6 heteroatoms. The van der Waals surface area contributed by atoms with Gasteiger partial charge >= 0.3 is 0 Å². The van der Waals surface area contributed by atoms with Crippen LogP contribution in [0, 0.1) is 13.7 Å². The molecule has 1 atom stereocenters. The summed E-state index contributed by atoms with van der Waals surface area (Å²) in [6.07, 6.45) is 0. The second-order valence-electron chi connectivity index (χ2n) is 3.84. The van der Waals surface area contributed by atoms with Gasteiger partial charge in [0.15, 0.2) is 0 Å². The van der Waals surface area contributed by atoms with Gasteiger partial charge in [0.1, 0.15) is 5.69 Å². The van der Waals surface area contributed by atoms with Crippen LogP contribution in [-0.4, -0.2) is 4.92 Å². The van der Waals surface area contributed by atoms with Crippen LogP contribution in [0.2, 0.25) is 0 Å². The standard InChI is InChI=1S/C12H11IN2O2S/c1-8(9-4-5-18-7-9)14-11-3-2-10(13)6-12(11)15(16)17/h2-8,14H,1H3. The van der Waals surface area contributed by atoms with Crippen LogP contribution < -0.4 is 5.32 Å². The molecule has 1 N–H and O–H groups in total. The monoisotopic (exact) mass is 374 g/mol. The van der Waals surface area contributed by atoms with E-state index in [-0.39, 0.29) is 16.7 Å². The minimum absolute atomic E-state index is 0.0509. The van der Waals surface area contributed by atoms with Crippen LogP contribution in [0.3, 0.4) is 0 Å². The Labute approximate surface area is 122 Å². The van der Waals surface area contributed by atoms with E-state index in [2.05, 4.69) is 27.9 Å². The van der Waals surface area contributed by atoms with Gasteiger partial charge in [-0.05, 0) is 64.0 Å². The zero-order valence-corrected chi connectivity index (χ0v) is 12.6. The molecule has 1 heterocycles. The van der Waals surface area contributed by atoms with Crippen molar-refractivity contribution in [2.75, 3.05) is 5.32 Å². The zero-order chi connectivity index (χ0) is 13.1. The maximum absolute atomic E-state index is 11.0. The summed E-state index contributed by atoms with van der Waals surface area (Å²) in [5.74, 6) is 0. The number of hydrogen-bond acceptors (Lipinski definition) is 4. The summed E-state index contributed by atoms with van der Waals surface area (Å²) in [6, 6.07) is 7.25. The molecule has 2 rings (SSSR count). The largest absolute Gasteiger partial charge is 0.373 e. The minimum atomic E-state index is -0.356. The number of hydrogen-bond donors (Lipinski definition) is 1. The highest BCUT2D eigenvalue weighted by Gasteiger charge is 2.16. The van der Waals surface area contributed by atoms with Crippen LogP contribution in [0.5, 0.6) is 0 Å². The van der Waals surface area contributed by atoms with Gasteiger partial charge in [0.25, 0.3) is 5.69 Å². The first kappa shape index (κ1) is 13.3. The molecule has 0 bridgehead atoms. The summed E-state index contributed by atoms with van der Waals surface area (Å²) >= 11 is 3.69. The quantitative estimate of drug-likeness (QED) is 0.489. The topological polar surface area (TPSA) is 55.2 Å². The summed E-state index contributed by atoms with van der Waals surface area (Å²) in [5, 5.41) is 18.2. The molecule has 18 heavy (non-hydrogen) atoms. The van der Waals surface area contributed by atoms with E-state index < -0.39 is 0 Å². The van der Waals surface area contributed by atoms with Crippen molar-refractivity contribution < 1.29 is 4.92 Å². The molecule has 0 spiro atoms. The summed E-state index contributed by atoms with van der Waals surface area (Å²) in [5.41, 5.74) is 1.80. The third-order valence-electron chi connectivity index (χ3n) is 2.57. The van der Waals surface area contributed by atoms with Crippen molar-refractivity contribution in [1.29, 1.82) is 0 Å². The highest BCUT2D eigenvalue weighted by Crippen LogP contribution is 2.30. The van der Waals surface area contributed by atoms with Crippen LogP contribution in [-0.2, 0) is 0 Å². The lowest BCUT2D eigenvalue weighted by Crippen LogP contribution is -2.07. The lowest BCUT2D eigenvalue weighted by Gasteiger charge is -2.14. The summed E-state index contributed by atoms with van der Waals surface area (Å²) in [4.78, 5) is 10.6. The highest BCUT2D eigenvalue weighted by molar-refractivity contribution is 14.1. The Bertz CT molecular complexity index is 557. The average Bonchev–Trinajstić information content (AvgIpc) is 2.84. The molecule has 0 saturated heterocycles. The smallest absolute Gasteiger partial charge is 0.293 e. The van der Waals surface area contributed by atoms with Gasteiger partial charge in [-0.25, -0.2) is 0 Å². The number of nitrogens with one attached hydrogen (secondary N) is 1. The molecule has 94 valence electrons. The van der Waals surface area contributed by atoms with Gasteiger partial charge < -0.3 is 5.32 Å². The molecule has 0 radical (unpaired) electrons. The summed E-state index contributed by atoms with van der Waals surface area (Å²) in [7, 11) is 0. The van der Waals surface area contributed by atoms with Crippen molar-refractivity contribution in [2.45, 2.75) is 13.0 Å². The molecule has 2 aromatic rings. The molecule has 1 aromatic carbocycles. The number of halogens is 1. The fraction of sp³-hybridized carbons (Fsp3) is 0.167. The van der Waals surface area contributed by atoms with Crippen LogP contribution >= 0.6 is 33.9 Å². The number of rotatable bonds is 4. The molecule has 4 nitrogen and oxygen atoms in total. The Hall–Kier alpha value is -1.15. The van der Waals surface area contributed by atoms with Crippen molar-refractivity contribution in [2.24, 2.45) is 0 Å². The number of nitro benzene ring substituents is 1. The van der Waals surface area contributed by atoms with Gasteiger partial charge in [0.05, 0.1) is 4.92 Å². The first-order valence-corrected chi connectivity index (χ1v) is 7.32. The lowest BCUT2D eigenvalue weighted by atomic mass is 10.1. The van der Waals surface area contributed by atoms with Gasteiger partial charge in [0.2, 0.25) is 0 Å². The summed E-state index contributed by atoms with van der Waals surface area (Å²) in [6.45, 7) is 1.99. The molecule has 0 fully saturated rings. The fourth-order valence-corrected chi connectivity index (χ4v) is 2.84. The molecular formula is C12H11IN2O2S. The first-order chi connectivity index (χ1) is 8.58. The average molecular weight is 374 g/mol. The number of nitro groups is 1. The van der Waals surface area contributed by atoms with Crippen LogP contribution in [0.4, 0.5) is 11.4 Å². The molecule has 0 amide bonds. The van der Waals surface area contributed by atoms with E-state index in [1.54, 1.807) is 23.5 Å². The maximum Gasteiger partial charge on any atom is 0.293 e. The van der Waals surface area contributed by atoms with Gasteiger partial charge in [-0.15, -0.1) is 0 Å². The van der Waals surface area contributed by atoms with Crippen LogP contribution in [0.1, 0.15) is 18.5 Å². The maximum atomic E-state index is 11.0. The van der Waals surface area contributed by atoms with Crippen LogP contribution in [0.15, 0.2) is 35.0 Å². The minimum Gasteiger partial charge on any atom is -0.373 e. The van der Waals surface area contributed by atoms with E-state index in [0.29, 0.717) is 5.69 Å². The van der Waals surface area contributed by atoms with Gasteiger partial charge in [0, 0.05) is 15.7 Å². The molecule has 0 aliphatic heterocycles. The Kier molecular flexibility index (Phi) is 4.18. The molecule has 0 aliphatic rings. The lowest BCUT2D eigenvalue weighted by molar-refractivity contribution is -0.384. The Balaban J connectivity index is 2.26. The Morgan fingerprint density at radius 3 is 2.83 bits per heavy atom. The number of nitrogens with zero attached hydrogens (tertiary/aromatic N) is 1. The third-order valence-corrected chi connectivity index (χ3v) is 3.94. The molecule has 1 aromatic heterocycles. The van der Waals surface area contributed by atoms with Crippen molar-refractivity contribution >= 4 is 45.3 Å². The van der Waals surface area contributed by atoms with E-state index in [9.17, 15) is 10.1 Å². The van der Waals surface area contributed by atoms with E-state index in [4.69, 9.17) is 0 Å². The Morgan fingerprint density at radius 2 is 2.22 bits per heavy atom. The predicted octanol–water partition coefficient (Wildman–Crippen LogP) is 4.43. The number of thiophene rings is 1. The van der Waals surface area contributed by atoms with E-state index in [1.165, 1.54) is 0 Å². The predicted molar refractivity (Wildman–Crippen MR) is 82.2 cm³/mol. The highest BCUT2D eigenvalue weighted by atomic mass is 127. The van der Waals surface area contributed by atoms with E-state index in [1.807, 2.05) is 29.8 Å². The Morgan fingerprint density at radius 1 is 1.44 bits per heavy atom. The zero-order valence-electron chi connectivity index (χ0n) is 9.59. The van der Waals surface area contributed by atoms with Gasteiger partial charge in [-0.1, -0.05) is 0 Å². The van der Waals surface area contributed by atoms with Gasteiger partial charge in [-0.2, -0.15) is 11.3 Å². The second-order valence-corrected chi connectivity index (χ2v) is 5.87. The molecule has 0 saturated carbocycles. The second kappa shape index (κ2) is 5.66. The third kappa shape index (κ3) is 2.99. The fourth-order valence-electron chi connectivity index (χ4n) is 1.62. The molecular weight excluding hydrogens is 363 g/mol. The summed E-state index contributed by atoms with van der Waals surface area (Å²) < 4.78 is 0.855. The molecule has 1 unspecified atom stereocenters. The number of benzene rings is 1. The van der Waals surface area contributed by atoms with Crippen molar-refractivity contribution in [1.82, 2.24) is 0 Å². The normalized spacial score (nSPS) is 12.1.